The van der Waals surface area contributed by atoms with Crippen LogP contribution in [0.5, 0.6) is 0 Å². The Morgan fingerprint density at radius 2 is 1.00 bits per heavy atom. The molecule has 0 radical (unpaired) electrons. The molecule has 4 aliphatic heterocycles. The highest BCUT2D eigenvalue weighted by Gasteiger charge is 2.35. The molecule has 14 nitrogen and oxygen atoms in total. The summed E-state index contributed by atoms with van der Waals surface area (Å²) in [7, 11) is 0. The monoisotopic (exact) mass is 458 g/mol. The highest BCUT2D eigenvalue weighted by Crippen LogP contribution is 2.16. The Hall–Kier alpha value is -3.26. The highest BCUT2D eigenvalue weighted by molar-refractivity contribution is 6.02. The number of hydroxylamine groups is 4. The molecule has 0 aromatic rings. The Kier molecular flexibility index (Phi) is 7.94. The average molecular weight is 458 g/mol. The van der Waals surface area contributed by atoms with Crippen molar-refractivity contribution in [3.63, 3.8) is 0 Å². The fourth-order valence-corrected chi connectivity index (χ4v) is 2.99. The SMILES string of the molecule is O=C(O[C@@H]1CCOC1)ON1C(=O)CCC1=O.O=C(O[C@H]1CCOC1)ON1C(=O)CCC1=O. The van der Waals surface area contributed by atoms with Crippen molar-refractivity contribution in [3.05, 3.63) is 0 Å². The lowest BCUT2D eigenvalue weighted by Crippen LogP contribution is -2.33. The molecule has 0 saturated carbocycles. The van der Waals surface area contributed by atoms with Crippen LogP contribution in [0.4, 0.5) is 9.59 Å². The first-order valence-electron chi connectivity index (χ1n) is 9.97. The number of ether oxygens (including phenoxy) is 4. The Labute approximate surface area is 181 Å². The summed E-state index contributed by atoms with van der Waals surface area (Å²) in [6.45, 7) is 1.69. The van der Waals surface area contributed by atoms with E-state index in [9.17, 15) is 28.8 Å². The summed E-state index contributed by atoms with van der Waals surface area (Å²) >= 11 is 0. The fourth-order valence-electron chi connectivity index (χ4n) is 2.99. The van der Waals surface area contributed by atoms with Crippen LogP contribution in [0.3, 0.4) is 0 Å². The smallest absolute Gasteiger partial charge is 0.427 e. The standard InChI is InChI=1S/2C9H11NO6/c2*11-7-1-2-8(12)10(7)16-9(13)15-6-3-4-14-5-6/h2*6H,1-5H2/t2*6-/m10/s1. The zero-order valence-corrected chi connectivity index (χ0v) is 17.0. The summed E-state index contributed by atoms with van der Waals surface area (Å²) < 4.78 is 19.7. The van der Waals surface area contributed by atoms with Crippen LogP contribution >= 0.6 is 0 Å². The maximum absolute atomic E-state index is 11.2. The van der Waals surface area contributed by atoms with Gasteiger partial charge in [-0.1, -0.05) is 10.1 Å². The van der Waals surface area contributed by atoms with Crippen molar-refractivity contribution in [1.29, 1.82) is 0 Å². The number of rotatable bonds is 4. The first-order chi connectivity index (χ1) is 15.3. The number of carbonyl (C=O) groups excluding carboxylic acids is 6. The Morgan fingerprint density at radius 3 is 1.28 bits per heavy atom. The Morgan fingerprint density at radius 1 is 0.656 bits per heavy atom. The Bertz CT molecular complexity index is 676. The molecule has 0 aliphatic carbocycles. The van der Waals surface area contributed by atoms with E-state index in [2.05, 4.69) is 9.68 Å². The molecule has 4 rings (SSSR count). The number of imide groups is 2. The molecular formula is C18H22N2O12. The molecule has 4 aliphatic rings. The largest absolute Gasteiger partial charge is 0.534 e. The zero-order chi connectivity index (χ0) is 23.1. The maximum atomic E-state index is 11.2. The molecular weight excluding hydrogens is 436 g/mol. The number of carbonyl (C=O) groups is 6. The third-order valence-corrected chi connectivity index (χ3v) is 4.64. The number of amides is 4. The van der Waals surface area contributed by atoms with Crippen LogP contribution in [-0.4, -0.2) is 84.7 Å². The van der Waals surface area contributed by atoms with Crippen molar-refractivity contribution in [2.24, 2.45) is 0 Å². The van der Waals surface area contributed by atoms with Crippen molar-refractivity contribution in [1.82, 2.24) is 10.1 Å². The summed E-state index contributed by atoms with van der Waals surface area (Å²) in [5.41, 5.74) is 0. The van der Waals surface area contributed by atoms with Crippen LogP contribution < -0.4 is 0 Å². The van der Waals surface area contributed by atoms with Gasteiger partial charge in [-0.05, 0) is 0 Å². The lowest BCUT2D eigenvalue weighted by atomic mass is 10.3. The van der Waals surface area contributed by atoms with E-state index >= 15 is 0 Å². The van der Waals surface area contributed by atoms with Gasteiger partial charge in [-0.15, -0.1) is 0 Å². The van der Waals surface area contributed by atoms with E-state index in [0.29, 0.717) is 49.4 Å². The fraction of sp³-hybridized carbons (Fsp3) is 0.667. The van der Waals surface area contributed by atoms with Gasteiger partial charge in [0.15, 0.2) is 0 Å². The maximum Gasteiger partial charge on any atom is 0.534 e. The van der Waals surface area contributed by atoms with Crippen LogP contribution in [0.15, 0.2) is 0 Å². The molecule has 0 bridgehead atoms. The van der Waals surface area contributed by atoms with Crippen LogP contribution in [-0.2, 0) is 47.8 Å². The lowest BCUT2D eigenvalue weighted by molar-refractivity contribution is -0.179. The molecule has 4 heterocycles. The summed E-state index contributed by atoms with van der Waals surface area (Å²) in [5.74, 6) is -2.09. The summed E-state index contributed by atoms with van der Waals surface area (Å²) in [6.07, 6.45) is -1.35. The van der Waals surface area contributed by atoms with E-state index in [-0.39, 0.29) is 37.9 Å². The minimum Gasteiger partial charge on any atom is -0.427 e. The van der Waals surface area contributed by atoms with Gasteiger partial charge in [-0.2, -0.15) is 0 Å². The summed E-state index contributed by atoms with van der Waals surface area (Å²) in [4.78, 5) is 75.9. The van der Waals surface area contributed by atoms with Crippen molar-refractivity contribution in [3.8, 4) is 0 Å². The first kappa shape index (κ1) is 23.4. The molecule has 0 spiro atoms. The normalized spacial score (nSPS) is 25.0. The molecule has 0 aromatic heterocycles. The van der Waals surface area contributed by atoms with Crippen LogP contribution in [0.2, 0.25) is 0 Å². The summed E-state index contributed by atoms with van der Waals surface area (Å²) in [5, 5.41) is 0.913. The van der Waals surface area contributed by atoms with Crippen molar-refractivity contribution in [2.75, 3.05) is 26.4 Å². The third kappa shape index (κ3) is 6.37. The topological polar surface area (TPSA) is 164 Å². The molecule has 0 aromatic carbocycles. The molecule has 14 heteroatoms. The molecule has 176 valence electrons. The highest BCUT2D eigenvalue weighted by atomic mass is 16.8. The van der Waals surface area contributed by atoms with Gasteiger partial charge in [0, 0.05) is 38.5 Å². The lowest BCUT2D eigenvalue weighted by Gasteiger charge is -2.14. The first-order valence-corrected chi connectivity index (χ1v) is 9.97. The van der Waals surface area contributed by atoms with Gasteiger partial charge in [0.05, 0.1) is 26.4 Å². The number of hydrogen-bond acceptors (Lipinski definition) is 12. The van der Waals surface area contributed by atoms with Gasteiger partial charge < -0.3 is 18.9 Å². The van der Waals surface area contributed by atoms with Gasteiger partial charge in [0.25, 0.3) is 23.6 Å². The van der Waals surface area contributed by atoms with E-state index in [0.717, 1.165) is 0 Å². The van der Waals surface area contributed by atoms with Crippen molar-refractivity contribution in [2.45, 2.75) is 50.7 Å². The molecule has 0 unspecified atom stereocenters. The second-order valence-electron chi connectivity index (χ2n) is 7.05. The van der Waals surface area contributed by atoms with Gasteiger partial charge in [0.2, 0.25) is 0 Å². The number of hydrogen-bond donors (Lipinski definition) is 0. The van der Waals surface area contributed by atoms with Crippen molar-refractivity contribution < 1.29 is 57.4 Å². The minimum atomic E-state index is -1.04. The number of nitrogens with zero attached hydrogens (tertiary/aromatic N) is 2. The summed E-state index contributed by atoms with van der Waals surface area (Å²) in [6, 6.07) is 0. The van der Waals surface area contributed by atoms with Gasteiger partial charge in [-0.25, -0.2) is 9.59 Å². The third-order valence-electron chi connectivity index (χ3n) is 4.64. The predicted octanol–water partition coefficient (Wildman–Crippen LogP) is -0.0150. The minimum absolute atomic E-state index is 0.0681. The van der Waals surface area contributed by atoms with Gasteiger partial charge in [0.1, 0.15) is 12.2 Å². The van der Waals surface area contributed by atoms with Crippen LogP contribution in [0.25, 0.3) is 0 Å². The van der Waals surface area contributed by atoms with Crippen molar-refractivity contribution >= 4 is 35.9 Å². The van der Waals surface area contributed by atoms with Gasteiger partial charge in [-0.3, -0.25) is 28.9 Å². The van der Waals surface area contributed by atoms with Crippen LogP contribution in [0.1, 0.15) is 38.5 Å². The second kappa shape index (κ2) is 10.9. The average Bonchev–Trinajstić information content (AvgIpc) is 3.55. The predicted molar refractivity (Wildman–Crippen MR) is 95.8 cm³/mol. The van der Waals surface area contributed by atoms with E-state index < -0.39 is 35.9 Å². The molecule has 0 N–H and O–H groups in total. The molecule has 32 heavy (non-hydrogen) atoms. The molecule has 4 amide bonds. The van der Waals surface area contributed by atoms with E-state index in [4.69, 9.17) is 18.9 Å². The molecule has 2 atom stereocenters. The van der Waals surface area contributed by atoms with Gasteiger partial charge >= 0.3 is 12.3 Å². The molecule has 4 fully saturated rings. The Balaban J connectivity index is 0.000000181. The zero-order valence-electron chi connectivity index (χ0n) is 17.0. The quantitative estimate of drug-likeness (QED) is 0.409. The van der Waals surface area contributed by atoms with E-state index in [1.54, 1.807) is 0 Å². The second-order valence-corrected chi connectivity index (χ2v) is 7.05. The van der Waals surface area contributed by atoms with E-state index in [1.807, 2.05) is 0 Å². The van der Waals surface area contributed by atoms with Crippen LogP contribution in [0, 0.1) is 0 Å². The van der Waals surface area contributed by atoms with E-state index in [1.165, 1.54) is 0 Å². The molecule has 4 saturated heterocycles.